The fourth-order valence-electron chi connectivity index (χ4n) is 3.69. The molecule has 0 aliphatic carbocycles. The van der Waals surface area contributed by atoms with E-state index in [2.05, 4.69) is 5.32 Å². The van der Waals surface area contributed by atoms with Gasteiger partial charge in [0.1, 0.15) is 18.1 Å². The number of furan rings is 1. The summed E-state index contributed by atoms with van der Waals surface area (Å²) in [6.07, 6.45) is 0.693. The van der Waals surface area contributed by atoms with Crippen LogP contribution >= 0.6 is 0 Å². The van der Waals surface area contributed by atoms with Crippen molar-refractivity contribution in [2.45, 2.75) is 40.3 Å². The van der Waals surface area contributed by atoms with Crippen molar-refractivity contribution in [2.24, 2.45) is 0 Å². The van der Waals surface area contributed by atoms with Gasteiger partial charge in [0.15, 0.2) is 0 Å². The molecule has 8 heteroatoms. The molecule has 1 heterocycles. The van der Waals surface area contributed by atoms with Crippen molar-refractivity contribution in [1.82, 2.24) is 9.80 Å². The first-order chi connectivity index (χ1) is 17.4. The third-order valence-corrected chi connectivity index (χ3v) is 5.47. The van der Waals surface area contributed by atoms with Gasteiger partial charge in [-0.25, -0.2) is 9.59 Å². The van der Waals surface area contributed by atoms with Crippen molar-refractivity contribution >= 4 is 23.6 Å². The minimum Gasteiger partial charge on any atom is -0.464 e. The molecule has 8 nitrogen and oxygen atoms in total. The first-order valence-corrected chi connectivity index (χ1v) is 12.1. The lowest BCUT2D eigenvalue weighted by molar-refractivity contribution is -0.133. The summed E-state index contributed by atoms with van der Waals surface area (Å²) in [5.74, 6) is 0.857. The predicted molar refractivity (Wildman–Crippen MR) is 137 cm³/mol. The van der Waals surface area contributed by atoms with Crippen LogP contribution in [0.25, 0.3) is 0 Å². The zero-order chi connectivity index (χ0) is 25.9. The summed E-state index contributed by atoms with van der Waals surface area (Å²) in [5, 5.41) is 2.82. The number of urea groups is 1. The van der Waals surface area contributed by atoms with E-state index in [1.807, 2.05) is 56.3 Å². The van der Waals surface area contributed by atoms with Crippen LogP contribution in [0.5, 0.6) is 0 Å². The number of carbonyl (C=O) groups excluding carboxylic acids is 3. The van der Waals surface area contributed by atoms with E-state index >= 15 is 0 Å². The largest absolute Gasteiger partial charge is 0.464 e. The highest BCUT2D eigenvalue weighted by atomic mass is 16.5. The van der Waals surface area contributed by atoms with Gasteiger partial charge in [-0.15, -0.1) is 0 Å². The molecule has 0 aliphatic rings. The second kappa shape index (κ2) is 13.1. The van der Waals surface area contributed by atoms with Crippen LogP contribution in [-0.4, -0.2) is 47.4 Å². The standard InChI is InChI=1S/C28H33N3O5/c1-4-17-30(28(34)29-24-14-12-23(13-15-24)27(33)35-5-2)20-26(32)31(18-22-9-7-6-8-10-22)19-25-16-11-21(3)36-25/h6-16H,4-5,17-20H2,1-3H3,(H,29,34). The fourth-order valence-corrected chi connectivity index (χ4v) is 3.69. The average Bonchev–Trinajstić information content (AvgIpc) is 3.29. The summed E-state index contributed by atoms with van der Waals surface area (Å²) in [5.41, 5.74) is 1.91. The first-order valence-electron chi connectivity index (χ1n) is 12.1. The summed E-state index contributed by atoms with van der Waals surface area (Å²) >= 11 is 0. The molecule has 3 rings (SSSR count). The van der Waals surface area contributed by atoms with Gasteiger partial charge in [-0.3, -0.25) is 4.79 Å². The van der Waals surface area contributed by atoms with Crippen LogP contribution in [0.4, 0.5) is 10.5 Å². The average molecular weight is 492 g/mol. The van der Waals surface area contributed by atoms with Gasteiger partial charge < -0.3 is 24.3 Å². The van der Waals surface area contributed by atoms with E-state index in [-0.39, 0.29) is 25.1 Å². The van der Waals surface area contributed by atoms with E-state index < -0.39 is 5.97 Å². The highest BCUT2D eigenvalue weighted by molar-refractivity contribution is 5.94. The Morgan fingerprint density at radius 1 is 0.889 bits per heavy atom. The predicted octanol–water partition coefficient (Wildman–Crippen LogP) is 5.24. The Kier molecular flexibility index (Phi) is 9.68. The second-order valence-corrected chi connectivity index (χ2v) is 8.40. The van der Waals surface area contributed by atoms with Gasteiger partial charge in [-0.05, 0) is 62.2 Å². The van der Waals surface area contributed by atoms with Gasteiger partial charge in [0.2, 0.25) is 5.91 Å². The number of anilines is 1. The summed E-state index contributed by atoms with van der Waals surface area (Å²) in [6, 6.07) is 19.5. The molecule has 190 valence electrons. The normalized spacial score (nSPS) is 10.5. The summed E-state index contributed by atoms with van der Waals surface area (Å²) < 4.78 is 10.7. The lowest BCUT2D eigenvalue weighted by Crippen LogP contribution is -2.44. The number of aryl methyl sites for hydroxylation is 1. The second-order valence-electron chi connectivity index (χ2n) is 8.40. The van der Waals surface area contributed by atoms with E-state index in [9.17, 15) is 14.4 Å². The number of ether oxygens (including phenoxy) is 1. The number of nitrogens with one attached hydrogen (secondary N) is 1. The highest BCUT2D eigenvalue weighted by Gasteiger charge is 2.22. The molecule has 0 saturated heterocycles. The Morgan fingerprint density at radius 3 is 2.22 bits per heavy atom. The van der Waals surface area contributed by atoms with Gasteiger partial charge in [-0.1, -0.05) is 37.3 Å². The molecule has 0 fully saturated rings. The molecule has 0 spiro atoms. The first kappa shape index (κ1) is 26.5. The number of benzene rings is 2. The molecule has 2 aromatic carbocycles. The van der Waals surface area contributed by atoms with Crippen molar-refractivity contribution in [1.29, 1.82) is 0 Å². The number of rotatable bonds is 11. The lowest BCUT2D eigenvalue weighted by Gasteiger charge is -2.27. The van der Waals surface area contributed by atoms with Crippen LogP contribution in [0, 0.1) is 6.92 Å². The Morgan fingerprint density at radius 2 is 1.61 bits per heavy atom. The van der Waals surface area contributed by atoms with E-state index in [1.54, 1.807) is 36.1 Å². The monoisotopic (exact) mass is 491 g/mol. The molecule has 1 N–H and O–H groups in total. The lowest BCUT2D eigenvalue weighted by atomic mass is 10.2. The Hall–Kier alpha value is -4.07. The SMILES string of the molecule is CCCN(CC(=O)N(Cc1ccccc1)Cc1ccc(C)o1)C(=O)Nc1ccc(C(=O)OCC)cc1. The van der Waals surface area contributed by atoms with Gasteiger partial charge in [-0.2, -0.15) is 0 Å². The maximum absolute atomic E-state index is 13.4. The van der Waals surface area contributed by atoms with E-state index in [1.165, 1.54) is 4.90 Å². The third kappa shape index (κ3) is 7.73. The van der Waals surface area contributed by atoms with Crippen LogP contribution in [0.2, 0.25) is 0 Å². The molecule has 0 aliphatic heterocycles. The van der Waals surface area contributed by atoms with Crippen molar-refractivity contribution in [3.05, 3.63) is 89.4 Å². The maximum atomic E-state index is 13.4. The van der Waals surface area contributed by atoms with E-state index in [4.69, 9.17) is 9.15 Å². The van der Waals surface area contributed by atoms with E-state index in [0.29, 0.717) is 43.1 Å². The third-order valence-electron chi connectivity index (χ3n) is 5.47. The Labute approximate surface area is 211 Å². The summed E-state index contributed by atoms with van der Waals surface area (Å²) in [7, 11) is 0. The minimum atomic E-state index is -0.418. The fraction of sp³-hybridized carbons (Fsp3) is 0.321. The smallest absolute Gasteiger partial charge is 0.338 e. The molecule has 0 radical (unpaired) electrons. The summed E-state index contributed by atoms with van der Waals surface area (Å²) in [4.78, 5) is 41.5. The molecule has 0 unspecified atom stereocenters. The minimum absolute atomic E-state index is 0.0763. The van der Waals surface area contributed by atoms with Crippen LogP contribution < -0.4 is 5.32 Å². The molecule has 0 atom stereocenters. The quantitative estimate of drug-likeness (QED) is 0.371. The number of hydrogen-bond acceptors (Lipinski definition) is 5. The molecular weight excluding hydrogens is 458 g/mol. The molecular formula is C28H33N3O5. The molecule has 3 aromatic rings. The number of amides is 3. The van der Waals surface area contributed by atoms with Gasteiger partial charge in [0.05, 0.1) is 18.7 Å². The van der Waals surface area contributed by atoms with Gasteiger partial charge >= 0.3 is 12.0 Å². The Bertz CT molecular complexity index is 1140. The van der Waals surface area contributed by atoms with Crippen molar-refractivity contribution in [3.8, 4) is 0 Å². The molecule has 3 amide bonds. The van der Waals surface area contributed by atoms with Gasteiger partial charge in [0, 0.05) is 18.8 Å². The summed E-state index contributed by atoms with van der Waals surface area (Å²) in [6.45, 7) is 6.88. The van der Waals surface area contributed by atoms with E-state index in [0.717, 1.165) is 11.3 Å². The topological polar surface area (TPSA) is 92.1 Å². The maximum Gasteiger partial charge on any atom is 0.338 e. The molecule has 36 heavy (non-hydrogen) atoms. The number of nitrogens with zero attached hydrogens (tertiary/aromatic N) is 2. The zero-order valence-corrected chi connectivity index (χ0v) is 21.0. The van der Waals surface area contributed by atoms with Gasteiger partial charge in [0.25, 0.3) is 0 Å². The number of hydrogen-bond donors (Lipinski definition) is 1. The molecule has 0 saturated carbocycles. The van der Waals surface area contributed by atoms with Crippen LogP contribution in [0.15, 0.2) is 71.1 Å². The number of carbonyl (C=O) groups is 3. The number of esters is 1. The molecule has 0 bridgehead atoms. The Balaban J connectivity index is 1.70. The van der Waals surface area contributed by atoms with Crippen LogP contribution in [-0.2, 0) is 22.6 Å². The zero-order valence-electron chi connectivity index (χ0n) is 21.0. The van der Waals surface area contributed by atoms with Crippen LogP contribution in [0.3, 0.4) is 0 Å². The van der Waals surface area contributed by atoms with Crippen molar-refractivity contribution in [3.63, 3.8) is 0 Å². The highest BCUT2D eigenvalue weighted by Crippen LogP contribution is 2.15. The van der Waals surface area contributed by atoms with Crippen molar-refractivity contribution in [2.75, 3.05) is 25.0 Å². The molecule has 1 aromatic heterocycles. The van der Waals surface area contributed by atoms with Crippen molar-refractivity contribution < 1.29 is 23.5 Å². The van der Waals surface area contributed by atoms with Crippen LogP contribution in [0.1, 0.15) is 47.7 Å².